The second-order valence-electron chi connectivity index (χ2n) is 7.44. The fourth-order valence-electron chi connectivity index (χ4n) is 3.61. The first-order valence-corrected chi connectivity index (χ1v) is 11.6. The van der Waals surface area contributed by atoms with E-state index in [0.29, 0.717) is 23.6 Å². The number of aromatic nitrogens is 4. The van der Waals surface area contributed by atoms with Crippen LogP contribution in [0.1, 0.15) is 25.5 Å². The maximum atomic E-state index is 13.2. The molecule has 2 aromatic heterocycles. The van der Waals surface area contributed by atoms with Crippen LogP contribution in [0.2, 0.25) is 0 Å². The van der Waals surface area contributed by atoms with E-state index in [-0.39, 0.29) is 10.6 Å². The first-order chi connectivity index (χ1) is 14.9. The number of methoxy groups -OCH3 is 1. The molecule has 0 saturated carbocycles. The van der Waals surface area contributed by atoms with Gasteiger partial charge in [-0.2, -0.15) is 9.61 Å². The smallest absolute Gasteiger partial charge is 0.246 e. The number of sulfonamides is 1. The predicted octanol–water partition coefficient (Wildman–Crippen LogP) is 3.68. The highest BCUT2D eigenvalue weighted by atomic mass is 32.2. The van der Waals surface area contributed by atoms with E-state index >= 15 is 0 Å². The molecule has 0 N–H and O–H groups in total. The van der Waals surface area contributed by atoms with Crippen molar-refractivity contribution in [2.24, 2.45) is 0 Å². The monoisotopic (exact) mass is 439 g/mol. The van der Waals surface area contributed by atoms with Gasteiger partial charge in [-0.25, -0.2) is 12.7 Å². The Balaban J connectivity index is 1.88. The highest BCUT2D eigenvalue weighted by Gasteiger charge is 2.26. The van der Waals surface area contributed by atoms with E-state index in [4.69, 9.17) is 4.74 Å². The first kappa shape index (κ1) is 21.2. The molecule has 31 heavy (non-hydrogen) atoms. The molecule has 0 aliphatic rings. The summed E-state index contributed by atoms with van der Waals surface area (Å²) >= 11 is 0. The molecule has 0 amide bonds. The first-order valence-electron chi connectivity index (χ1n) is 10.1. The molecular formula is C22H25N5O3S. The molecular weight excluding hydrogens is 414 g/mol. The number of hydrogen-bond acceptors (Lipinski definition) is 6. The van der Waals surface area contributed by atoms with Crippen molar-refractivity contribution in [3.05, 3.63) is 48.2 Å². The van der Waals surface area contributed by atoms with Crippen LogP contribution >= 0.6 is 0 Å². The lowest BCUT2D eigenvalue weighted by Crippen LogP contribution is -2.28. The third kappa shape index (κ3) is 3.64. The summed E-state index contributed by atoms with van der Waals surface area (Å²) in [5.41, 5.74) is 2.05. The standard InChI is InChI=1S/C22H25N5O3S/c1-5-6-13-26(3)31(28,29)20-14-16(11-12-19(20)30-4)21-23-24-22-18-10-8-7-9-17(18)15(2)25-27(21)22/h7-12,14H,5-6,13H2,1-4H3. The summed E-state index contributed by atoms with van der Waals surface area (Å²) in [6.07, 6.45) is 1.69. The summed E-state index contributed by atoms with van der Waals surface area (Å²) in [6, 6.07) is 12.9. The molecule has 0 fully saturated rings. The van der Waals surface area contributed by atoms with Crippen molar-refractivity contribution < 1.29 is 13.2 Å². The van der Waals surface area contributed by atoms with E-state index in [1.165, 1.54) is 11.4 Å². The Hall–Kier alpha value is -3.04. The highest BCUT2D eigenvalue weighted by molar-refractivity contribution is 7.89. The molecule has 162 valence electrons. The average molecular weight is 440 g/mol. The normalized spacial score (nSPS) is 12.2. The van der Waals surface area contributed by atoms with Gasteiger partial charge in [-0.15, -0.1) is 10.2 Å². The minimum absolute atomic E-state index is 0.0976. The molecule has 0 atom stereocenters. The van der Waals surface area contributed by atoms with E-state index in [2.05, 4.69) is 15.3 Å². The fourth-order valence-corrected chi connectivity index (χ4v) is 4.99. The van der Waals surface area contributed by atoms with Crippen LogP contribution in [0.5, 0.6) is 5.75 Å². The summed E-state index contributed by atoms with van der Waals surface area (Å²) < 4.78 is 34.8. The zero-order valence-electron chi connectivity index (χ0n) is 18.0. The van der Waals surface area contributed by atoms with Crippen molar-refractivity contribution >= 4 is 26.4 Å². The molecule has 0 radical (unpaired) electrons. The molecule has 4 aromatic rings. The minimum Gasteiger partial charge on any atom is -0.495 e. The number of ether oxygens (including phenoxy) is 1. The van der Waals surface area contributed by atoms with Crippen molar-refractivity contribution in [2.75, 3.05) is 20.7 Å². The van der Waals surface area contributed by atoms with Gasteiger partial charge in [0.2, 0.25) is 10.0 Å². The number of nitrogens with zero attached hydrogens (tertiary/aromatic N) is 5. The van der Waals surface area contributed by atoms with Gasteiger partial charge in [0.15, 0.2) is 11.5 Å². The van der Waals surface area contributed by atoms with Gasteiger partial charge in [-0.3, -0.25) is 0 Å². The topological polar surface area (TPSA) is 89.7 Å². The summed E-state index contributed by atoms with van der Waals surface area (Å²) in [7, 11) is -0.687. The Labute approximate surface area is 181 Å². The molecule has 0 unspecified atom stereocenters. The fraction of sp³-hybridized carbons (Fsp3) is 0.318. The molecule has 8 nitrogen and oxygen atoms in total. The van der Waals surface area contributed by atoms with Crippen LogP contribution in [0.4, 0.5) is 0 Å². The van der Waals surface area contributed by atoms with Gasteiger partial charge in [0, 0.05) is 29.9 Å². The van der Waals surface area contributed by atoms with Crippen LogP contribution in [-0.2, 0) is 10.0 Å². The van der Waals surface area contributed by atoms with Gasteiger partial charge < -0.3 is 4.74 Å². The lowest BCUT2D eigenvalue weighted by molar-refractivity contribution is 0.397. The Kier molecular flexibility index (Phi) is 5.63. The summed E-state index contributed by atoms with van der Waals surface area (Å²) in [5, 5.41) is 15.3. The van der Waals surface area contributed by atoms with Crippen LogP contribution in [0.15, 0.2) is 47.4 Å². The van der Waals surface area contributed by atoms with Crippen molar-refractivity contribution in [2.45, 2.75) is 31.6 Å². The van der Waals surface area contributed by atoms with Crippen molar-refractivity contribution in [1.29, 1.82) is 0 Å². The third-order valence-corrected chi connectivity index (χ3v) is 7.26. The Morgan fingerprint density at radius 3 is 2.55 bits per heavy atom. The number of unbranched alkanes of at least 4 members (excludes halogenated alkanes) is 1. The largest absolute Gasteiger partial charge is 0.495 e. The molecule has 2 heterocycles. The van der Waals surface area contributed by atoms with Gasteiger partial charge in [-0.05, 0) is 31.5 Å². The SMILES string of the molecule is CCCCN(C)S(=O)(=O)c1cc(-c2nnc3c4ccccc4c(C)nn23)ccc1OC. The van der Waals surface area contributed by atoms with Crippen molar-refractivity contribution in [1.82, 2.24) is 24.1 Å². The number of rotatable bonds is 7. The van der Waals surface area contributed by atoms with E-state index in [1.807, 2.05) is 38.1 Å². The van der Waals surface area contributed by atoms with E-state index in [9.17, 15) is 8.42 Å². The summed E-state index contributed by atoms with van der Waals surface area (Å²) in [5.74, 6) is 0.759. The van der Waals surface area contributed by atoms with E-state index in [0.717, 1.165) is 29.3 Å². The van der Waals surface area contributed by atoms with E-state index in [1.54, 1.807) is 29.8 Å². The molecule has 0 bridgehead atoms. The maximum Gasteiger partial charge on any atom is 0.246 e. The molecule has 0 saturated heterocycles. The van der Waals surface area contributed by atoms with Gasteiger partial charge in [0.1, 0.15) is 10.6 Å². The van der Waals surface area contributed by atoms with Crippen LogP contribution in [0.3, 0.4) is 0 Å². The van der Waals surface area contributed by atoms with Gasteiger partial charge in [0.05, 0.1) is 12.8 Å². The second kappa shape index (κ2) is 8.24. The highest BCUT2D eigenvalue weighted by Crippen LogP contribution is 2.32. The lowest BCUT2D eigenvalue weighted by Gasteiger charge is -2.19. The molecule has 9 heteroatoms. The predicted molar refractivity (Wildman–Crippen MR) is 120 cm³/mol. The van der Waals surface area contributed by atoms with E-state index < -0.39 is 10.0 Å². The number of aryl methyl sites for hydroxylation is 1. The third-order valence-electron chi connectivity index (χ3n) is 5.39. The van der Waals surface area contributed by atoms with Gasteiger partial charge in [-0.1, -0.05) is 37.6 Å². The zero-order chi connectivity index (χ0) is 22.2. The van der Waals surface area contributed by atoms with Crippen molar-refractivity contribution in [3.8, 4) is 17.1 Å². The molecule has 0 aliphatic heterocycles. The molecule has 2 aromatic carbocycles. The van der Waals surface area contributed by atoms with Crippen molar-refractivity contribution in [3.63, 3.8) is 0 Å². The van der Waals surface area contributed by atoms with Gasteiger partial charge in [0.25, 0.3) is 0 Å². The number of benzene rings is 2. The molecule has 4 rings (SSSR count). The Bertz CT molecular complexity index is 1360. The zero-order valence-corrected chi connectivity index (χ0v) is 18.8. The minimum atomic E-state index is -3.73. The molecule has 0 spiro atoms. The van der Waals surface area contributed by atoms with Gasteiger partial charge >= 0.3 is 0 Å². The Morgan fingerprint density at radius 1 is 1.10 bits per heavy atom. The van der Waals surface area contributed by atoms with Crippen LogP contribution < -0.4 is 4.74 Å². The van der Waals surface area contributed by atoms with Crippen LogP contribution in [0.25, 0.3) is 27.8 Å². The summed E-state index contributed by atoms with van der Waals surface area (Å²) in [6.45, 7) is 4.39. The van der Waals surface area contributed by atoms with Crippen LogP contribution in [-0.4, -0.2) is 53.2 Å². The number of fused-ring (bicyclic) bond motifs is 3. The Morgan fingerprint density at radius 2 is 1.84 bits per heavy atom. The second-order valence-corrected chi connectivity index (χ2v) is 9.45. The quantitative estimate of drug-likeness (QED) is 0.436. The maximum absolute atomic E-state index is 13.2. The average Bonchev–Trinajstić information content (AvgIpc) is 3.21. The lowest BCUT2D eigenvalue weighted by atomic mass is 10.1. The molecule has 0 aliphatic carbocycles. The number of hydrogen-bond donors (Lipinski definition) is 0. The van der Waals surface area contributed by atoms with Crippen LogP contribution in [0, 0.1) is 6.92 Å². The summed E-state index contributed by atoms with van der Waals surface area (Å²) in [4.78, 5) is 0.0976.